The maximum atomic E-state index is 2.41. The molecule has 56 heavy (non-hydrogen) atoms. The third-order valence-electron chi connectivity index (χ3n) is 12.2. The molecule has 0 atom stereocenters. The molecule has 264 valence electrons. The Labute approximate surface area is 327 Å². The predicted octanol–water partition coefficient (Wildman–Crippen LogP) is 15.4. The Bertz CT molecular complexity index is 3160. The van der Waals surface area contributed by atoms with Crippen molar-refractivity contribution in [2.45, 2.75) is 19.3 Å². The van der Waals surface area contributed by atoms with E-state index in [1.807, 2.05) is 0 Å². The number of benzene rings is 10. The molecule has 11 rings (SSSR count). The Kier molecular flexibility index (Phi) is 7.28. The van der Waals surface area contributed by atoms with Crippen LogP contribution in [-0.2, 0) is 5.41 Å². The van der Waals surface area contributed by atoms with Gasteiger partial charge in [-0.1, -0.05) is 159 Å². The predicted molar refractivity (Wildman–Crippen MR) is 240 cm³/mol. The number of hydrogen-bond donors (Lipinski definition) is 0. The molecule has 1 aliphatic rings. The van der Waals surface area contributed by atoms with Gasteiger partial charge in [-0.15, -0.1) is 0 Å². The second-order valence-corrected chi connectivity index (χ2v) is 15.7. The van der Waals surface area contributed by atoms with Crippen LogP contribution < -0.4 is 4.90 Å². The third kappa shape index (κ3) is 5.01. The summed E-state index contributed by atoms with van der Waals surface area (Å²) in [5.74, 6) is 0. The smallest absolute Gasteiger partial charge is 0.0468 e. The van der Waals surface area contributed by atoms with Crippen molar-refractivity contribution in [1.29, 1.82) is 0 Å². The van der Waals surface area contributed by atoms with Gasteiger partial charge in [0.1, 0.15) is 0 Å². The van der Waals surface area contributed by atoms with E-state index in [0.29, 0.717) is 0 Å². The quantitative estimate of drug-likeness (QED) is 0.161. The van der Waals surface area contributed by atoms with E-state index in [9.17, 15) is 0 Å². The Morgan fingerprint density at radius 2 is 0.857 bits per heavy atom. The van der Waals surface area contributed by atoms with Gasteiger partial charge < -0.3 is 4.90 Å². The average molecular weight is 714 g/mol. The Balaban J connectivity index is 1.05. The van der Waals surface area contributed by atoms with E-state index in [2.05, 4.69) is 219 Å². The third-order valence-corrected chi connectivity index (χ3v) is 12.2. The Hall–Kier alpha value is -6.96. The maximum absolute atomic E-state index is 2.41. The lowest BCUT2D eigenvalue weighted by molar-refractivity contribution is 0.660. The Morgan fingerprint density at radius 3 is 1.59 bits per heavy atom. The van der Waals surface area contributed by atoms with Crippen LogP contribution in [0.5, 0.6) is 0 Å². The summed E-state index contributed by atoms with van der Waals surface area (Å²) in [7, 11) is 0. The normalized spacial score (nSPS) is 13.0. The summed E-state index contributed by atoms with van der Waals surface area (Å²) in [6.07, 6.45) is 0. The molecule has 0 fully saturated rings. The number of anilines is 3. The van der Waals surface area contributed by atoms with E-state index in [1.54, 1.807) is 0 Å². The molecule has 0 aliphatic heterocycles. The van der Waals surface area contributed by atoms with Crippen molar-refractivity contribution in [2.75, 3.05) is 4.90 Å². The molecule has 0 saturated carbocycles. The summed E-state index contributed by atoms with van der Waals surface area (Å²) in [6.45, 7) is 4.68. The van der Waals surface area contributed by atoms with Crippen LogP contribution in [0.25, 0.3) is 76.5 Å². The minimum atomic E-state index is -0.0307. The second-order valence-electron chi connectivity index (χ2n) is 15.7. The lowest BCUT2D eigenvalue weighted by Crippen LogP contribution is -2.15. The van der Waals surface area contributed by atoms with Gasteiger partial charge in [-0.3, -0.25) is 0 Å². The zero-order valence-electron chi connectivity index (χ0n) is 31.5. The van der Waals surface area contributed by atoms with Gasteiger partial charge in [0.15, 0.2) is 0 Å². The van der Waals surface area contributed by atoms with E-state index in [4.69, 9.17) is 0 Å². The monoisotopic (exact) mass is 713 g/mol. The molecular formula is C55H39N. The fraction of sp³-hybridized carbons (Fsp3) is 0.0545. The van der Waals surface area contributed by atoms with Gasteiger partial charge in [-0.25, -0.2) is 0 Å². The molecule has 1 aliphatic carbocycles. The fourth-order valence-electron chi connectivity index (χ4n) is 9.49. The Morgan fingerprint density at radius 1 is 0.321 bits per heavy atom. The first-order valence-corrected chi connectivity index (χ1v) is 19.6. The first kappa shape index (κ1) is 32.5. The van der Waals surface area contributed by atoms with Crippen LogP contribution in [0.1, 0.15) is 25.0 Å². The highest BCUT2D eigenvalue weighted by atomic mass is 15.1. The molecule has 0 aromatic heterocycles. The van der Waals surface area contributed by atoms with Gasteiger partial charge in [0, 0.05) is 22.5 Å². The highest BCUT2D eigenvalue weighted by molar-refractivity contribution is 6.25. The SMILES string of the molecule is CC1(C)c2ccccc2-c2cc(N(c3ccccc3)c3ccc4cc(-c5cc6cc(-c7ccccc7)c7ccccc7c6c6ccccc56)ccc4c3)ccc21. The highest BCUT2D eigenvalue weighted by Crippen LogP contribution is 2.51. The molecule has 0 amide bonds. The van der Waals surface area contributed by atoms with E-state index >= 15 is 0 Å². The summed E-state index contributed by atoms with van der Waals surface area (Å²) < 4.78 is 0. The standard InChI is InChI=1S/C55H39N/c1-55(2)52-24-14-13-21-46(52)51-35-43(29-30-53(51)55)56(41-17-7-4-8-18-41)42-28-27-37-31-39(26-25-38(37)32-42)50-34-40-33-49(36-15-5-3-6-16-36)44-19-9-11-22-47(44)54(40)48-23-12-10-20-45(48)50/h3-35H,1-2H3. The van der Waals surface area contributed by atoms with Crippen LogP contribution in [0.3, 0.4) is 0 Å². The van der Waals surface area contributed by atoms with Gasteiger partial charge in [0.25, 0.3) is 0 Å². The largest absolute Gasteiger partial charge is 0.310 e. The minimum absolute atomic E-state index is 0.0307. The molecular weight excluding hydrogens is 675 g/mol. The van der Waals surface area contributed by atoms with Crippen molar-refractivity contribution in [3.05, 3.63) is 211 Å². The van der Waals surface area contributed by atoms with E-state index in [1.165, 1.54) is 87.6 Å². The molecule has 10 aromatic carbocycles. The number of fused-ring (bicyclic) bond motifs is 9. The second kappa shape index (κ2) is 12.5. The number of hydrogen-bond acceptors (Lipinski definition) is 1. The van der Waals surface area contributed by atoms with Crippen LogP contribution in [0.4, 0.5) is 17.1 Å². The number of para-hydroxylation sites is 1. The molecule has 0 bridgehead atoms. The molecule has 0 spiro atoms. The summed E-state index contributed by atoms with van der Waals surface area (Å²) in [6, 6.07) is 73.9. The van der Waals surface area contributed by atoms with Gasteiger partial charge >= 0.3 is 0 Å². The fourth-order valence-corrected chi connectivity index (χ4v) is 9.49. The van der Waals surface area contributed by atoms with E-state index in [-0.39, 0.29) is 5.41 Å². The van der Waals surface area contributed by atoms with Crippen molar-refractivity contribution in [3.8, 4) is 33.4 Å². The van der Waals surface area contributed by atoms with Crippen molar-refractivity contribution in [2.24, 2.45) is 0 Å². The first-order chi connectivity index (χ1) is 27.5. The van der Waals surface area contributed by atoms with Crippen LogP contribution in [-0.4, -0.2) is 0 Å². The van der Waals surface area contributed by atoms with Crippen LogP contribution in [0.2, 0.25) is 0 Å². The van der Waals surface area contributed by atoms with Crippen molar-refractivity contribution >= 4 is 60.2 Å². The average Bonchev–Trinajstić information content (AvgIpc) is 3.48. The molecule has 0 N–H and O–H groups in total. The molecule has 0 saturated heterocycles. The topological polar surface area (TPSA) is 3.24 Å². The molecule has 0 radical (unpaired) electrons. The van der Waals surface area contributed by atoms with Gasteiger partial charge in [-0.05, 0) is 142 Å². The number of nitrogens with zero attached hydrogens (tertiary/aromatic N) is 1. The molecule has 1 heteroatoms. The van der Waals surface area contributed by atoms with Crippen molar-refractivity contribution in [3.63, 3.8) is 0 Å². The lowest BCUT2D eigenvalue weighted by Gasteiger charge is -2.27. The molecule has 0 unspecified atom stereocenters. The first-order valence-electron chi connectivity index (χ1n) is 19.6. The molecule has 0 heterocycles. The summed E-state index contributed by atoms with van der Waals surface area (Å²) in [5.41, 5.74) is 13.8. The maximum Gasteiger partial charge on any atom is 0.0468 e. The van der Waals surface area contributed by atoms with Crippen molar-refractivity contribution in [1.82, 2.24) is 0 Å². The van der Waals surface area contributed by atoms with E-state index in [0.717, 1.165) is 17.1 Å². The highest BCUT2D eigenvalue weighted by Gasteiger charge is 2.35. The number of rotatable bonds is 5. The summed E-state index contributed by atoms with van der Waals surface area (Å²) in [5, 5.41) is 10.1. The van der Waals surface area contributed by atoms with E-state index < -0.39 is 0 Å². The van der Waals surface area contributed by atoms with Crippen LogP contribution >= 0.6 is 0 Å². The van der Waals surface area contributed by atoms with Gasteiger partial charge in [0.05, 0.1) is 0 Å². The van der Waals surface area contributed by atoms with Crippen molar-refractivity contribution < 1.29 is 0 Å². The lowest BCUT2D eigenvalue weighted by atomic mass is 9.82. The van der Waals surface area contributed by atoms with Gasteiger partial charge in [0.2, 0.25) is 0 Å². The van der Waals surface area contributed by atoms with Gasteiger partial charge in [-0.2, -0.15) is 0 Å². The zero-order chi connectivity index (χ0) is 37.4. The molecule has 10 aromatic rings. The summed E-state index contributed by atoms with van der Waals surface area (Å²) >= 11 is 0. The molecule has 1 nitrogen and oxygen atoms in total. The minimum Gasteiger partial charge on any atom is -0.310 e. The van der Waals surface area contributed by atoms with Crippen LogP contribution in [0.15, 0.2) is 200 Å². The van der Waals surface area contributed by atoms with Crippen LogP contribution in [0, 0.1) is 0 Å². The zero-order valence-corrected chi connectivity index (χ0v) is 31.5. The summed E-state index contributed by atoms with van der Waals surface area (Å²) in [4.78, 5) is 2.40.